The second-order valence-electron chi connectivity index (χ2n) is 5.88. The van der Waals surface area contributed by atoms with Gasteiger partial charge in [0.25, 0.3) is 0 Å². The van der Waals surface area contributed by atoms with Gasteiger partial charge in [0.15, 0.2) is 0 Å². The number of phenols is 1. The Bertz CT molecular complexity index is 412. The van der Waals surface area contributed by atoms with Crippen molar-refractivity contribution in [3.05, 3.63) is 29.8 Å². The number of ether oxygens (including phenoxy) is 1. The van der Waals surface area contributed by atoms with Crippen LogP contribution in [0.5, 0.6) is 5.75 Å². The standard InChI is InChI=1S/C16H25NO3/c1-12(11-14-3-5-15(18)6-4-14)17-13(2)16(19)7-9-20-10-8-16/h3-6,12-13,17-19H,7-11H2,1-2H3. The van der Waals surface area contributed by atoms with Crippen LogP contribution >= 0.6 is 0 Å². The summed E-state index contributed by atoms with van der Waals surface area (Å²) in [6.07, 6.45) is 2.25. The predicted octanol–water partition coefficient (Wildman–Crippen LogP) is 1.84. The molecule has 3 N–H and O–H groups in total. The van der Waals surface area contributed by atoms with E-state index in [1.807, 2.05) is 19.1 Å². The fourth-order valence-corrected chi connectivity index (χ4v) is 2.78. The van der Waals surface area contributed by atoms with Crippen LogP contribution in [0.2, 0.25) is 0 Å². The molecule has 1 aromatic rings. The Kier molecular flexibility index (Phi) is 5.02. The molecule has 2 atom stereocenters. The minimum Gasteiger partial charge on any atom is -0.508 e. The summed E-state index contributed by atoms with van der Waals surface area (Å²) in [5, 5.41) is 23.4. The molecule has 112 valence electrons. The van der Waals surface area contributed by atoms with Gasteiger partial charge in [-0.15, -0.1) is 0 Å². The van der Waals surface area contributed by atoms with Crippen molar-refractivity contribution in [3.63, 3.8) is 0 Å². The predicted molar refractivity (Wildman–Crippen MR) is 78.9 cm³/mol. The van der Waals surface area contributed by atoms with E-state index in [4.69, 9.17) is 4.74 Å². The van der Waals surface area contributed by atoms with Gasteiger partial charge in [-0.3, -0.25) is 0 Å². The van der Waals surface area contributed by atoms with Crippen LogP contribution in [-0.2, 0) is 11.2 Å². The quantitative estimate of drug-likeness (QED) is 0.769. The molecule has 0 radical (unpaired) electrons. The zero-order valence-corrected chi connectivity index (χ0v) is 12.3. The van der Waals surface area contributed by atoms with Crippen LogP contribution in [-0.4, -0.2) is 41.1 Å². The first-order valence-electron chi connectivity index (χ1n) is 7.34. The molecule has 2 unspecified atom stereocenters. The van der Waals surface area contributed by atoms with Crippen LogP contribution in [0.3, 0.4) is 0 Å². The van der Waals surface area contributed by atoms with Gasteiger partial charge in [-0.1, -0.05) is 12.1 Å². The fraction of sp³-hybridized carbons (Fsp3) is 0.625. The second kappa shape index (κ2) is 6.57. The number of hydrogen-bond donors (Lipinski definition) is 3. The molecular formula is C16H25NO3. The summed E-state index contributed by atoms with van der Waals surface area (Å²) in [6.45, 7) is 5.43. The van der Waals surface area contributed by atoms with Gasteiger partial charge in [0.1, 0.15) is 5.75 Å². The van der Waals surface area contributed by atoms with E-state index in [2.05, 4.69) is 12.2 Å². The second-order valence-corrected chi connectivity index (χ2v) is 5.88. The molecule has 1 fully saturated rings. The van der Waals surface area contributed by atoms with Crippen LogP contribution in [0.1, 0.15) is 32.3 Å². The van der Waals surface area contributed by atoms with Crippen LogP contribution in [0.25, 0.3) is 0 Å². The largest absolute Gasteiger partial charge is 0.508 e. The van der Waals surface area contributed by atoms with E-state index in [0.29, 0.717) is 31.8 Å². The van der Waals surface area contributed by atoms with Crippen molar-refractivity contribution in [2.45, 2.75) is 50.8 Å². The van der Waals surface area contributed by atoms with E-state index in [-0.39, 0.29) is 12.1 Å². The molecule has 20 heavy (non-hydrogen) atoms. The molecule has 0 aromatic heterocycles. The highest BCUT2D eigenvalue weighted by molar-refractivity contribution is 5.26. The smallest absolute Gasteiger partial charge is 0.115 e. The Morgan fingerprint density at radius 3 is 2.40 bits per heavy atom. The molecule has 1 aliphatic rings. The molecular weight excluding hydrogens is 254 g/mol. The number of benzene rings is 1. The molecule has 0 saturated carbocycles. The summed E-state index contributed by atoms with van der Waals surface area (Å²) in [5.41, 5.74) is 0.510. The summed E-state index contributed by atoms with van der Waals surface area (Å²) < 4.78 is 5.32. The normalized spacial score (nSPS) is 21.4. The fourth-order valence-electron chi connectivity index (χ4n) is 2.78. The Labute approximate surface area is 120 Å². The molecule has 1 saturated heterocycles. The van der Waals surface area contributed by atoms with Gasteiger partial charge in [0, 0.05) is 38.1 Å². The summed E-state index contributed by atoms with van der Waals surface area (Å²) in [4.78, 5) is 0. The monoisotopic (exact) mass is 279 g/mol. The maximum absolute atomic E-state index is 10.6. The lowest BCUT2D eigenvalue weighted by Crippen LogP contribution is -2.54. The first kappa shape index (κ1) is 15.3. The SMILES string of the molecule is CC(Cc1ccc(O)cc1)NC(C)C1(O)CCOCC1. The lowest BCUT2D eigenvalue weighted by atomic mass is 9.86. The number of aromatic hydroxyl groups is 1. The molecule has 0 aliphatic carbocycles. The molecule has 1 heterocycles. The molecule has 0 spiro atoms. The Balaban J connectivity index is 1.87. The van der Waals surface area contributed by atoms with Crippen molar-refractivity contribution in [1.29, 1.82) is 0 Å². The summed E-state index contributed by atoms with van der Waals surface area (Å²) in [5.74, 6) is 0.291. The number of phenolic OH excluding ortho intramolecular Hbond substituents is 1. The molecule has 0 amide bonds. The summed E-state index contributed by atoms with van der Waals surface area (Å²) in [6, 6.07) is 7.58. The number of rotatable bonds is 5. The zero-order chi connectivity index (χ0) is 14.6. The zero-order valence-electron chi connectivity index (χ0n) is 12.3. The number of nitrogens with one attached hydrogen (secondary N) is 1. The molecule has 0 bridgehead atoms. The van der Waals surface area contributed by atoms with Gasteiger partial charge in [-0.2, -0.15) is 0 Å². The lowest BCUT2D eigenvalue weighted by Gasteiger charge is -2.39. The minimum atomic E-state index is -0.665. The van der Waals surface area contributed by atoms with E-state index >= 15 is 0 Å². The van der Waals surface area contributed by atoms with Crippen LogP contribution in [0.4, 0.5) is 0 Å². The lowest BCUT2D eigenvalue weighted by molar-refractivity contribution is -0.0831. The van der Waals surface area contributed by atoms with E-state index in [0.717, 1.165) is 6.42 Å². The van der Waals surface area contributed by atoms with Gasteiger partial charge >= 0.3 is 0 Å². The van der Waals surface area contributed by atoms with Crippen molar-refractivity contribution in [1.82, 2.24) is 5.32 Å². The number of aliphatic hydroxyl groups is 1. The van der Waals surface area contributed by atoms with E-state index in [1.54, 1.807) is 12.1 Å². The first-order valence-corrected chi connectivity index (χ1v) is 7.34. The minimum absolute atomic E-state index is 0.0403. The van der Waals surface area contributed by atoms with Gasteiger partial charge in [0.2, 0.25) is 0 Å². The highest BCUT2D eigenvalue weighted by atomic mass is 16.5. The first-order chi connectivity index (χ1) is 9.49. The highest BCUT2D eigenvalue weighted by Crippen LogP contribution is 2.24. The Hall–Kier alpha value is -1.10. The third kappa shape index (κ3) is 3.95. The van der Waals surface area contributed by atoms with Gasteiger partial charge in [0.05, 0.1) is 5.60 Å². The molecule has 4 heteroatoms. The average molecular weight is 279 g/mol. The van der Waals surface area contributed by atoms with Crippen LogP contribution < -0.4 is 5.32 Å². The summed E-state index contributed by atoms with van der Waals surface area (Å²) in [7, 11) is 0. The van der Waals surface area contributed by atoms with Crippen molar-refractivity contribution in [2.24, 2.45) is 0 Å². The van der Waals surface area contributed by atoms with Gasteiger partial charge in [-0.05, 0) is 38.0 Å². The molecule has 2 rings (SSSR count). The van der Waals surface area contributed by atoms with Crippen LogP contribution in [0, 0.1) is 0 Å². The molecule has 1 aliphatic heterocycles. The Morgan fingerprint density at radius 2 is 1.80 bits per heavy atom. The van der Waals surface area contributed by atoms with E-state index in [9.17, 15) is 10.2 Å². The van der Waals surface area contributed by atoms with E-state index in [1.165, 1.54) is 5.56 Å². The maximum atomic E-state index is 10.6. The van der Waals surface area contributed by atoms with Gasteiger partial charge in [-0.25, -0.2) is 0 Å². The van der Waals surface area contributed by atoms with Crippen molar-refractivity contribution in [3.8, 4) is 5.75 Å². The molecule has 1 aromatic carbocycles. The van der Waals surface area contributed by atoms with Crippen LogP contribution in [0.15, 0.2) is 24.3 Å². The third-order valence-corrected chi connectivity index (χ3v) is 4.18. The number of hydrogen-bond acceptors (Lipinski definition) is 4. The average Bonchev–Trinajstić information content (AvgIpc) is 2.42. The van der Waals surface area contributed by atoms with Crippen molar-refractivity contribution in [2.75, 3.05) is 13.2 Å². The van der Waals surface area contributed by atoms with Crippen molar-refractivity contribution < 1.29 is 14.9 Å². The van der Waals surface area contributed by atoms with Gasteiger partial charge < -0.3 is 20.3 Å². The maximum Gasteiger partial charge on any atom is 0.115 e. The Morgan fingerprint density at radius 1 is 1.20 bits per heavy atom. The highest BCUT2D eigenvalue weighted by Gasteiger charge is 2.36. The van der Waals surface area contributed by atoms with E-state index < -0.39 is 5.60 Å². The topological polar surface area (TPSA) is 61.7 Å². The summed E-state index contributed by atoms with van der Waals surface area (Å²) >= 11 is 0. The molecule has 4 nitrogen and oxygen atoms in total. The third-order valence-electron chi connectivity index (χ3n) is 4.18. The van der Waals surface area contributed by atoms with Crippen molar-refractivity contribution >= 4 is 0 Å².